The fourth-order valence-corrected chi connectivity index (χ4v) is 1.63. The number of methoxy groups -OCH3 is 1. The highest BCUT2D eigenvalue weighted by Gasteiger charge is 2.33. The summed E-state index contributed by atoms with van der Waals surface area (Å²) < 4.78 is 4.95. The van der Waals surface area contributed by atoms with Crippen LogP contribution in [0.1, 0.15) is 33.6 Å². The highest BCUT2D eigenvalue weighted by molar-refractivity contribution is 5.85. The molecule has 0 aliphatic rings. The van der Waals surface area contributed by atoms with Gasteiger partial charge < -0.3 is 20.5 Å². The minimum atomic E-state index is -1.22. The van der Waals surface area contributed by atoms with Crippen molar-refractivity contribution in [3.63, 3.8) is 0 Å². The van der Waals surface area contributed by atoms with Gasteiger partial charge in [-0.05, 0) is 19.3 Å². The summed E-state index contributed by atoms with van der Waals surface area (Å²) in [6.45, 7) is 6.32. The Hall–Kier alpha value is -1.30. The second kappa shape index (κ2) is 7.92. The lowest BCUT2D eigenvalue weighted by atomic mass is 9.97. The van der Waals surface area contributed by atoms with E-state index in [1.54, 1.807) is 7.11 Å². The first-order valence-electron chi connectivity index (χ1n) is 6.14. The molecule has 2 atom stereocenters. The number of hydrogen-bond acceptors (Lipinski definition) is 3. The van der Waals surface area contributed by atoms with Crippen LogP contribution in [-0.2, 0) is 9.53 Å². The maximum absolute atomic E-state index is 11.6. The number of urea groups is 1. The van der Waals surface area contributed by atoms with Gasteiger partial charge in [0.05, 0.1) is 6.61 Å². The zero-order chi connectivity index (χ0) is 14.2. The normalized spacial score (nSPS) is 15.6. The number of carboxylic acid groups (broad SMARTS) is 1. The lowest BCUT2D eigenvalue weighted by molar-refractivity contribution is -0.144. The second-order valence-corrected chi connectivity index (χ2v) is 4.78. The van der Waals surface area contributed by atoms with Gasteiger partial charge in [-0.1, -0.05) is 20.3 Å². The Labute approximate surface area is 108 Å². The third-order valence-electron chi connectivity index (χ3n) is 2.67. The zero-order valence-corrected chi connectivity index (χ0v) is 11.6. The summed E-state index contributed by atoms with van der Waals surface area (Å²) in [6, 6.07) is -0.462. The molecule has 0 aliphatic heterocycles. The van der Waals surface area contributed by atoms with Gasteiger partial charge >= 0.3 is 12.0 Å². The SMILES string of the molecule is CCCC(C)(NC(=O)NCC(C)COC)C(=O)O. The number of rotatable bonds is 8. The largest absolute Gasteiger partial charge is 0.480 e. The number of amides is 2. The highest BCUT2D eigenvalue weighted by Crippen LogP contribution is 2.12. The van der Waals surface area contributed by atoms with Crippen LogP contribution in [0.4, 0.5) is 4.79 Å². The Morgan fingerprint density at radius 2 is 2.06 bits per heavy atom. The highest BCUT2D eigenvalue weighted by atomic mass is 16.5. The van der Waals surface area contributed by atoms with Crippen molar-refractivity contribution in [1.82, 2.24) is 10.6 Å². The zero-order valence-electron chi connectivity index (χ0n) is 11.6. The summed E-state index contributed by atoms with van der Waals surface area (Å²) in [4.78, 5) is 22.7. The maximum atomic E-state index is 11.6. The fourth-order valence-electron chi connectivity index (χ4n) is 1.63. The molecule has 0 rings (SSSR count). The van der Waals surface area contributed by atoms with E-state index in [4.69, 9.17) is 9.84 Å². The van der Waals surface area contributed by atoms with E-state index in [9.17, 15) is 9.59 Å². The standard InChI is InChI=1S/C12H24N2O4/c1-5-6-12(3,10(15)16)14-11(17)13-7-9(2)8-18-4/h9H,5-8H2,1-4H3,(H,15,16)(H2,13,14,17). The van der Waals surface area contributed by atoms with E-state index >= 15 is 0 Å². The smallest absolute Gasteiger partial charge is 0.329 e. The molecule has 0 heterocycles. The van der Waals surface area contributed by atoms with E-state index in [-0.39, 0.29) is 5.92 Å². The van der Waals surface area contributed by atoms with E-state index in [2.05, 4.69) is 10.6 Å². The molecule has 0 spiro atoms. The topological polar surface area (TPSA) is 87.7 Å². The molecule has 18 heavy (non-hydrogen) atoms. The number of ether oxygens (including phenoxy) is 1. The van der Waals surface area contributed by atoms with Crippen LogP contribution in [0.5, 0.6) is 0 Å². The van der Waals surface area contributed by atoms with Crippen LogP contribution in [-0.4, -0.2) is 42.9 Å². The molecule has 0 fully saturated rings. The number of aliphatic carboxylic acids is 1. The summed E-state index contributed by atoms with van der Waals surface area (Å²) in [5.74, 6) is -0.840. The van der Waals surface area contributed by atoms with Gasteiger partial charge in [0, 0.05) is 13.7 Å². The molecule has 0 saturated carbocycles. The minimum absolute atomic E-state index is 0.183. The third kappa shape index (κ3) is 5.86. The van der Waals surface area contributed by atoms with Crippen molar-refractivity contribution in [2.24, 2.45) is 5.92 Å². The number of carbonyl (C=O) groups excluding carboxylic acids is 1. The summed E-state index contributed by atoms with van der Waals surface area (Å²) in [7, 11) is 1.60. The van der Waals surface area contributed by atoms with E-state index < -0.39 is 17.5 Å². The first kappa shape index (κ1) is 16.7. The summed E-state index contributed by atoms with van der Waals surface area (Å²) in [6.07, 6.45) is 1.08. The van der Waals surface area contributed by atoms with Gasteiger partial charge in [0.15, 0.2) is 0 Å². The fraction of sp³-hybridized carbons (Fsp3) is 0.833. The van der Waals surface area contributed by atoms with Gasteiger partial charge in [0.2, 0.25) is 0 Å². The van der Waals surface area contributed by atoms with Crippen molar-refractivity contribution < 1.29 is 19.4 Å². The predicted molar refractivity (Wildman–Crippen MR) is 68.5 cm³/mol. The quantitative estimate of drug-likeness (QED) is 0.612. The van der Waals surface area contributed by atoms with Gasteiger partial charge in [0.1, 0.15) is 5.54 Å². The van der Waals surface area contributed by atoms with Crippen LogP contribution in [0, 0.1) is 5.92 Å². The van der Waals surface area contributed by atoms with Crippen molar-refractivity contribution in [2.45, 2.75) is 39.2 Å². The van der Waals surface area contributed by atoms with Crippen molar-refractivity contribution >= 4 is 12.0 Å². The molecule has 0 aliphatic carbocycles. The lowest BCUT2D eigenvalue weighted by Gasteiger charge is -2.26. The molecule has 3 N–H and O–H groups in total. The monoisotopic (exact) mass is 260 g/mol. The van der Waals surface area contributed by atoms with Crippen LogP contribution >= 0.6 is 0 Å². The van der Waals surface area contributed by atoms with Gasteiger partial charge in [-0.2, -0.15) is 0 Å². The molecule has 0 radical (unpaired) electrons. The maximum Gasteiger partial charge on any atom is 0.329 e. The van der Waals surface area contributed by atoms with Gasteiger partial charge in [0.25, 0.3) is 0 Å². The van der Waals surface area contributed by atoms with Crippen LogP contribution in [0.2, 0.25) is 0 Å². The molecule has 0 aromatic carbocycles. The molecule has 2 unspecified atom stereocenters. The number of nitrogens with one attached hydrogen (secondary N) is 2. The lowest BCUT2D eigenvalue weighted by Crippen LogP contribution is -2.55. The molecule has 0 aromatic rings. The Kier molecular flexibility index (Phi) is 7.35. The average Bonchev–Trinajstić information content (AvgIpc) is 2.27. The predicted octanol–water partition coefficient (Wildman–Crippen LogP) is 1.21. The third-order valence-corrected chi connectivity index (χ3v) is 2.67. The van der Waals surface area contributed by atoms with Crippen molar-refractivity contribution in [3.8, 4) is 0 Å². The number of carboxylic acids is 1. The van der Waals surface area contributed by atoms with Crippen LogP contribution in [0.15, 0.2) is 0 Å². The summed E-state index contributed by atoms with van der Waals surface area (Å²) in [5.41, 5.74) is -1.22. The number of hydrogen-bond donors (Lipinski definition) is 3. The molecule has 6 nitrogen and oxygen atoms in total. The van der Waals surface area contributed by atoms with E-state index in [1.807, 2.05) is 13.8 Å². The molecule has 0 saturated heterocycles. The Balaban J connectivity index is 4.23. The molecular formula is C12H24N2O4. The van der Waals surface area contributed by atoms with Crippen LogP contribution in [0.25, 0.3) is 0 Å². The molecule has 106 valence electrons. The number of carbonyl (C=O) groups is 2. The van der Waals surface area contributed by atoms with Gasteiger partial charge in [-0.15, -0.1) is 0 Å². The summed E-state index contributed by atoms with van der Waals surface area (Å²) in [5, 5.41) is 14.3. The average molecular weight is 260 g/mol. The molecule has 2 amide bonds. The van der Waals surface area contributed by atoms with Crippen molar-refractivity contribution in [3.05, 3.63) is 0 Å². The first-order valence-corrected chi connectivity index (χ1v) is 6.14. The van der Waals surface area contributed by atoms with Gasteiger partial charge in [-0.3, -0.25) is 0 Å². The van der Waals surface area contributed by atoms with E-state index in [0.717, 1.165) is 0 Å². The van der Waals surface area contributed by atoms with Crippen molar-refractivity contribution in [2.75, 3.05) is 20.3 Å². The molecule has 0 bridgehead atoms. The van der Waals surface area contributed by atoms with Crippen molar-refractivity contribution in [1.29, 1.82) is 0 Å². The van der Waals surface area contributed by atoms with E-state index in [1.165, 1.54) is 6.92 Å². The Morgan fingerprint density at radius 3 is 2.50 bits per heavy atom. The van der Waals surface area contributed by atoms with Gasteiger partial charge in [-0.25, -0.2) is 9.59 Å². The first-order chi connectivity index (χ1) is 8.35. The summed E-state index contributed by atoms with van der Waals surface area (Å²) >= 11 is 0. The molecule has 0 aromatic heterocycles. The second-order valence-electron chi connectivity index (χ2n) is 4.78. The minimum Gasteiger partial charge on any atom is -0.480 e. The Morgan fingerprint density at radius 1 is 1.44 bits per heavy atom. The molecule has 6 heteroatoms. The van der Waals surface area contributed by atoms with Crippen LogP contribution < -0.4 is 10.6 Å². The van der Waals surface area contributed by atoms with Crippen LogP contribution in [0.3, 0.4) is 0 Å². The van der Waals surface area contributed by atoms with E-state index in [0.29, 0.717) is 26.0 Å². The molecular weight excluding hydrogens is 236 g/mol. The Bertz CT molecular complexity index is 283.